The van der Waals surface area contributed by atoms with Crippen LogP contribution in [0.15, 0.2) is 11.6 Å². The summed E-state index contributed by atoms with van der Waals surface area (Å²) in [5.74, 6) is 0.592. The van der Waals surface area contributed by atoms with Crippen LogP contribution >= 0.6 is 11.3 Å². The van der Waals surface area contributed by atoms with Gasteiger partial charge in [-0.2, -0.15) is 0 Å². The highest BCUT2D eigenvalue weighted by Crippen LogP contribution is 2.12. The fraction of sp³-hybridized carbons (Fsp3) is 0.667. The van der Waals surface area contributed by atoms with Gasteiger partial charge in [0.2, 0.25) is 0 Å². The van der Waals surface area contributed by atoms with Crippen molar-refractivity contribution in [1.82, 2.24) is 4.98 Å². The molecular weight excluding hydrogens is 168 g/mol. The highest BCUT2D eigenvalue weighted by molar-refractivity contribution is 7.09. The molecule has 0 aliphatic rings. The minimum Gasteiger partial charge on any atom is -0.327 e. The monoisotopic (exact) mass is 184 g/mol. The van der Waals surface area contributed by atoms with Gasteiger partial charge in [0.05, 0.1) is 5.01 Å². The molecule has 0 saturated heterocycles. The van der Waals surface area contributed by atoms with Crippen LogP contribution in [0.25, 0.3) is 0 Å². The fourth-order valence-electron chi connectivity index (χ4n) is 1.06. The molecule has 2 nitrogen and oxygen atoms in total. The van der Waals surface area contributed by atoms with E-state index in [0.717, 1.165) is 17.8 Å². The fourth-order valence-corrected chi connectivity index (χ4v) is 1.75. The van der Waals surface area contributed by atoms with Crippen molar-refractivity contribution in [3.63, 3.8) is 0 Å². The van der Waals surface area contributed by atoms with E-state index >= 15 is 0 Å². The van der Waals surface area contributed by atoms with Gasteiger partial charge in [0.25, 0.3) is 0 Å². The lowest BCUT2D eigenvalue weighted by molar-refractivity contribution is 0.440. The standard InChI is InChI=1S/C9H16N2S/c1-3-7(2)8(10)6-9-11-4-5-12-9/h4-5,7-8H,3,6,10H2,1-2H3. The minimum atomic E-state index is 0.265. The molecule has 0 radical (unpaired) electrons. The van der Waals surface area contributed by atoms with Gasteiger partial charge in [-0.15, -0.1) is 11.3 Å². The van der Waals surface area contributed by atoms with E-state index in [2.05, 4.69) is 18.8 Å². The van der Waals surface area contributed by atoms with E-state index in [4.69, 9.17) is 5.73 Å². The summed E-state index contributed by atoms with van der Waals surface area (Å²) in [6.45, 7) is 4.37. The van der Waals surface area contributed by atoms with Crippen molar-refractivity contribution in [2.75, 3.05) is 0 Å². The zero-order valence-electron chi connectivity index (χ0n) is 7.66. The zero-order chi connectivity index (χ0) is 8.97. The van der Waals surface area contributed by atoms with Crippen LogP contribution in [-0.4, -0.2) is 11.0 Å². The molecule has 0 spiro atoms. The molecule has 2 N–H and O–H groups in total. The van der Waals surface area contributed by atoms with E-state index in [1.807, 2.05) is 11.6 Å². The molecule has 0 aromatic carbocycles. The molecule has 0 saturated carbocycles. The van der Waals surface area contributed by atoms with E-state index < -0.39 is 0 Å². The van der Waals surface area contributed by atoms with Gasteiger partial charge in [-0.05, 0) is 5.92 Å². The lowest BCUT2D eigenvalue weighted by atomic mass is 9.98. The van der Waals surface area contributed by atoms with Crippen molar-refractivity contribution in [1.29, 1.82) is 0 Å². The molecule has 1 aromatic heterocycles. The van der Waals surface area contributed by atoms with Crippen molar-refractivity contribution in [3.8, 4) is 0 Å². The SMILES string of the molecule is CCC(C)C(N)Cc1nccs1. The summed E-state index contributed by atoms with van der Waals surface area (Å²) in [5, 5.41) is 3.15. The third kappa shape index (κ3) is 2.57. The first-order valence-electron chi connectivity index (χ1n) is 4.38. The van der Waals surface area contributed by atoms with Crippen LogP contribution in [0.4, 0.5) is 0 Å². The predicted molar refractivity (Wildman–Crippen MR) is 53.2 cm³/mol. The van der Waals surface area contributed by atoms with Crippen molar-refractivity contribution in [2.45, 2.75) is 32.7 Å². The summed E-state index contributed by atoms with van der Waals surface area (Å²) >= 11 is 1.69. The molecule has 1 rings (SSSR count). The summed E-state index contributed by atoms with van der Waals surface area (Å²) in [6, 6.07) is 0.265. The second kappa shape index (κ2) is 4.58. The Bertz CT molecular complexity index is 208. The third-order valence-corrected chi connectivity index (χ3v) is 3.07. The number of thiazole rings is 1. The lowest BCUT2D eigenvalue weighted by Crippen LogP contribution is -2.30. The van der Waals surface area contributed by atoms with Crippen LogP contribution in [0, 0.1) is 5.92 Å². The van der Waals surface area contributed by atoms with Gasteiger partial charge in [-0.1, -0.05) is 20.3 Å². The molecule has 0 bridgehead atoms. The van der Waals surface area contributed by atoms with Crippen LogP contribution in [-0.2, 0) is 6.42 Å². The number of nitrogens with zero attached hydrogens (tertiary/aromatic N) is 1. The number of rotatable bonds is 4. The van der Waals surface area contributed by atoms with Crippen LogP contribution in [0.1, 0.15) is 25.3 Å². The third-order valence-electron chi connectivity index (χ3n) is 2.27. The highest BCUT2D eigenvalue weighted by Gasteiger charge is 2.12. The second-order valence-electron chi connectivity index (χ2n) is 3.18. The molecular formula is C9H16N2S. The Labute approximate surface area is 77.8 Å². The average Bonchev–Trinajstić information content (AvgIpc) is 2.55. The molecule has 2 unspecified atom stereocenters. The largest absolute Gasteiger partial charge is 0.327 e. The van der Waals surface area contributed by atoms with Crippen LogP contribution < -0.4 is 5.73 Å². The number of aromatic nitrogens is 1. The van der Waals surface area contributed by atoms with Crippen LogP contribution in [0.5, 0.6) is 0 Å². The molecule has 0 amide bonds. The maximum absolute atomic E-state index is 5.99. The van der Waals surface area contributed by atoms with Crippen molar-refractivity contribution >= 4 is 11.3 Å². The zero-order valence-corrected chi connectivity index (χ0v) is 8.47. The molecule has 1 heterocycles. The summed E-state index contributed by atoms with van der Waals surface area (Å²) in [7, 11) is 0. The minimum absolute atomic E-state index is 0.265. The Balaban J connectivity index is 2.41. The maximum Gasteiger partial charge on any atom is 0.0940 e. The van der Waals surface area contributed by atoms with Crippen molar-refractivity contribution < 1.29 is 0 Å². The normalized spacial score (nSPS) is 15.9. The summed E-state index contributed by atoms with van der Waals surface area (Å²) in [5.41, 5.74) is 5.99. The van der Waals surface area contributed by atoms with Crippen LogP contribution in [0.2, 0.25) is 0 Å². The quantitative estimate of drug-likeness (QED) is 0.778. The smallest absolute Gasteiger partial charge is 0.0940 e. The first-order valence-corrected chi connectivity index (χ1v) is 5.26. The summed E-state index contributed by atoms with van der Waals surface area (Å²) < 4.78 is 0. The Kier molecular flexibility index (Phi) is 3.69. The lowest BCUT2D eigenvalue weighted by Gasteiger charge is -2.16. The van der Waals surface area contributed by atoms with Gasteiger partial charge in [0.1, 0.15) is 0 Å². The Morgan fingerprint density at radius 3 is 2.92 bits per heavy atom. The topological polar surface area (TPSA) is 38.9 Å². The maximum atomic E-state index is 5.99. The van der Waals surface area contributed by atoms with Gasteiger partial charge in [-0.3, -0.25) is 0 Å². The Hall–Kier alpha value is -0.410. The average molecular weight is 184 g/mol. The number of hydrogen-bond acceptors (Lipinski definition) is 3. The summed E-state index contributed by atoms with van der Waals surface area (Å²) in [4.78, 5) is 4.21. The molecule has 12 heavy (non-hydrogen) atoms. The molecule has 0 aliphatic carbocycles. The molecule has 0 aliphatic heterocycles. The predicted octanol–water partition coefficient (Wildman–Crippen LogP) is 2.06. The number of nitrogens with two attached hydrogens (primary N) is 1. The van der Waals surface area contributed by atoms with Crippen molar-refractivity contribution in [3.05, 3.63) is 16.6 Å². The first kappa shape index (κ1) is 9.68. The molecule has 2 atom stereocenters. The molecule has 3 heteroatoms. The second-order valence-corrected chi connectivity index (χ2v) is 4.16. The van der Waals surface area contributed by atoms with Crippen molar-refractivity contribution in [2.24, 2.45) is 11.7 Å². The van der Waals surface area contributed by atoms with E-state index in [-0.39, 0.29) is 6.04 Å². The van der Waals surface area contributed by atoms with Gasteiger partial charge in [0.15, 0.2) is 0 Å². The van der Waals surface area contributed by atoms with E-state index in [1.54, 1.807) is 11.3 Å². The summed E-state index contributed by atoms with van der Waals surface area (Å²) in [6.07, 6.45) is 3.91. The Morgan fingerprint density at radius 2 is 2.42 bits per heavy atom. The van der Waals surface area contributed by atoms with Gasteiger partial charge in [-0.25, -0.2) is 4.98 Å². The van der Waals surface area contributed by atoms with Gasteiger partial charge < -0.3 is 5.73 Å². The van der Waals surface area contributed by atoms with Gasteiger partial charge in [0, 0.05) is 24.0 Å². The van der Waals surface area contributed by atoms with Gasteiger partial charge >= 0.3 is 0 Å². The molecule has 0 fully saturated rings. The first-order chi connectivity index (χ1) is 5.74. The Morgan fingerprint density at radius 1 is 1.67 bits per heavy atom. The number of hydrogen-bond donors (Lipinski definition) is 1. The highest BCUT2D eigenvalue weighted by atomic mass is 32.1. The van der Waals surface area contributed by atoms with E-state index in [1.165, 1.54) is 0 Å². The van der Waals surface area contributed by atoms with E-state index in [9.17, 15) is 0 Å². The molecule has 68 valence electrons. The van der Waals surface area contributed by atoms with Crippen LogP contribution in [0.3, 0.4) is 0 Å². The molecule has 1 aromatic rings. The van der Waals surface area contributed by atoms with E-state index in [0.29, 0.717) is 5.92 Å².